The number of carbonyl (C=O) groups is 1. The molecule has 2 N–H and O–H groups in total. The lowest BCUT2D eigenvalue weighted by Gasteiger charge is -2.21. The summed E-state index contributed by atoms with van der Waals surface area (Å²) in [6.45, 7) is 3.17. The van der Waals surface area contributed by atoms with Gasteiger partial charge in [-0.05, 0) is 48.8 Å². The predicted octanol–water partition coefficient (Wildman–Crippen LogP) is 4.63. The molecular weight excluding hydrogens is 320 g/mol. The number of aryl methyl sites for hydroxylation is 1. The van der Waals surface area contributed by atoms with E-state index in [9.17, 15) is 4.79 Å². The van der Waals surface area contributed by atoms with E-state index in [4.69, 9.17) is 0 Å². The molecule has 2 aromatic rings. The average Bonchev–Trinajstić information content (AvgIpc) is 3.27. The number of rotatable bonds is 5. The van der Waals surface area contributed by atoms with Crippen molar-refractivity contribution in [3.05, 3.63) is 54.1 Å². The molecule has 1 heterocycles. The molecule has 0 aromatic heterocycles. The first-order valence-corrected chi connectivity index (χ1v) is 9.99. The second-order valence-electron chi connectivity index (χ2n) is 7.69. The lowest BCUT2D eigenvalue weighted by Crippen LogP contribution is -2.40. The monoisotopic (exact) mass is 348 g/mol. The molecule has 1 aliphatic heterocycles. The van der Waals surface area contributed by atoms with Crippen molar-refractivity contribution < 1.29 is 4.79 Å². The largest absolute Gasteiger partial charge is 0.324 e. The molecule has 2 aromatic carbocycles. The van der Waals surface area contributed by atoms with Crippen LogP contribution in [0.15, 0.2) is 48.5 Å². The highest BCUT2D eigenvalue weighted by Gasteiger charge is 2.42. The van der Waals surface area contributed by atoms with Crippen LogP contribution in [0.4, 0.5) is 5.69 Å². The summed E-state index contributed by atoms with van der Waals surface area (Å²) in [4.78, 5) is 13.1. The smallest absolute Gasteiger partial charge is 0.241 e. The highest BCUT2D eigenvalue weighted by atomic mass is 16.2. The van der Waals surface area contributed by atoms with E-state index in [0.29, 0.717) is 11.8 Å². The molecule has 1 saturated carbocycles. The molecule has 3 nitrogen and oxygen atoms in total. The van der Waals surface area contributed by atoms with Gasteiger partial charge >= 0.3 is 0 Å². The number of fused-ring (bicyclic) bond motifs is 1. The fourth-order valence-electron chi connectivity index (χ4n) is 4.76. The van der Waals surface area contributed by atoms with Gasteiger partial charge < -0.3 is 10.6 Å². The zero-order valence-corrected chi connectivity index (χ0v) is 15.5. The van der Waals surface area contributed by atoms with Crippen LogP contribution in [0.1, 0.15) is 38.2 Å². The molecule has 3 atom stereocenters. The Morgan fingerprint density at radius 3 is 2.77 bits per heavy atom. The molecule has 0 bridgehead atoms. The lowest BCUT2D eigenvalue weighted by molar-refractivity contribution is -0.118. The van der Waals surface area contributed by atoms with Crippen LogP contribution >= 0.6 is 0 Å². The van der Waals surface area contributed by atoms with E-state index in [1.165, 1.54) is 24.8 Å². The van der Waals surface area contributed by atoms with Gasteiger partial charge in [-0.25, -0.2) is 0 Å². The molecule has 2 aliphatic rings. The zero-order valence-electron chi connectivity index (χ0n) is 15.5. The quantitative estimate of drug-likeness (QED) is 0.827. The lowest BCUT2D eigenvalue weighted by atomic mass is 9.93. The van der Waals surface area contributed by atoms with Gasteiger partial charge in [0.2, 0.25) is 5.91 Å². The van der Waals surface area contributed by atoms with Crippen LogP contribution in [0.3, 0.4) is 0 Å². The maximum Gasteiger partial charge on any atom is 0.241 e. The summed E-state index contributed by atoms with van der Waals surface area (Å²) >= 11 is 0. The van der Waals surface area contributed by atoms with Crippen molar-refractivity contribution in [3.63, 3.8) is 0 Å². The Hall–Kier alpha value is -2.13. The van der Waals surface area contributed by atoms with Gasteiger partial charge in [0.25, 0.3) is 0 Å². The standard InChI is InChI=1S/C23H28N2O/c1-2-8-17-11-6-13-19(16-9-4-3-5-10-16)21(17)25-23(26)22-20-14-7-12-18(20)15-24-22/h3-6,9-11,13,18,20,22,24H,2,7-8,12,14-15H2,1H3,(H,25,26)/t18-,20-,22?/m1/s1. The first-order valence-electron chi connectivity index (χ1n) is 9.99. The molecule has 136 valence electrons. The SMILES string of the molecule is CCCc1cccc(-c2ccccc2)c1NC(=O)C1NC[C@H]2CCC[C@@H]12. The van der Waals surface area contributed by atoms with Gasteiger partial charge in [-0.2, -0.15) is 0 Å². The van der Waals surface area contributed by atoms with Gasteiger partial charge in [-0.3, -0.25) is 4.79 Å². The summed E-state index contributed by atoms with van der Waals surface area (Å²) in [6.07, 6.45) is 5.75. The van der Waals surface area contributed by atoms with Crippen LogP contribution in [-0.2, 0) is 11.2 Å². The third-order valence-corrected chi connectivity index (χ3v) is 6.03. The third kappa shape index (κ3) is 3.28. The molecule has 1 unspecified atom stereocenters. The second-order valence-corrected chi connectivity index (χ2v) is 7.69. The van der Waals surface area contributed by atoms with Crippen molar-refractivity contribution in [2.75, 3.05) is 11.9 Å². The number of benzene rings is 2. The summed E-state index contributed by atoms with van der Waals surface area (Å²) in [5.74, 6) is 1.33. The summed E-state index contributed by atoms with van der Waals surface area (Å²) in [7, 11) is 0. The fraction of sp³-hybridized carbons (Fsp3) is 0.435. The molecule has 1 saturated heterocycles. The Bertz CT molecular complexity index is 771. The highest BCUT2D eigenvalue weighted by molar-refractivity contribution is 6.00. The second kappa shape index (κ2) is 7.63. The van der Waals surface area contributed by atoms with Crippen LogP contribution in [0.5, 0.6) is 0 Å². The molecule has 2 fully saturated rings. The van der Waals surface area contributed by atoms with Gasteiger partial charge in [0.1, 0.15) is 0 Å². The molecule has 0 radical (unpaired) electrons. The Kier molecular flexibility index (Phi) is 5.07. The minimum absolute atomic E-state index is 0.0409. The van der Waals surface area contributed by atoms with Gasteiger partial charge in [0.15, 0.2) is 0 Å². The van der Waals surface area contributed by atoms with E-state index >= 15 is 0 Å². The van der Waals surface area contributed by atoms with Crippen LogP contribution in [0, 0.1) is 11.8 Å². The van der Waals surface area contributed by atoms with Gasteiger partial charge in [-0.15, -0.1) is 0 Å². The van der Waals surface area contributed by atoms with Gasteiger partial charge in [-0.1, -0.05) is 68.3 Å². The van der Waals surface area contributed by atoms with E-state index < -0.39 is 0 Å². The number of carbonyl (C=O) groups excluding carboxylic acids is 1. The Balaban J connectivity index is 1.65. The van der Waals surface area contributed by atoms with Crippen molar-refractivity contribution in [2.24, 2.45) is 11.8 Å². The topological polar surface area (TPSA) is 41.1 Å². The van der Waals surface area contributed by atoms with E-state index in [1.54, 1.807) is 0 Å². The number of anilines is 1. The van der Waals surface area contributed by atoms with Crippen LogP contribution in [-0.4, -0.2) is 18.5 Å². The van der Waals surface area contributed by atoms with E-state index in [0.717, 1.165) is 36.2 Å². The summed E-state index contributed by atoms with van der Waals surface area (Å²) in [6, 6.07) is 16.7. The van der Waals surface area contributed by atoms with E-state index in [-0.39, 0.29) is 11.9 Å². The Morgan fingerprint density at radius 2 is 1.96 bits per heavy atom. The van der Waals surface area contributed by atoms with Gasteiger partial charge in [0.05, 0.1) is 11.7 Å². The maximum absolute atomic E-state index is 13.1. The predicted molar refractivity (Wildman–Crippen MR) is 107 cm³/mol. The molecule has 0 spiro atoms. The minimum Gasteiger partial charge on any atom is -0.324 e. The van der Waals surface area contributed by atoms with Crippen molar-refractivity contribution in [3.8, 4) is 11.1 Å². The number of amides is 1. The fourth-order valence-corrected chi connectivity index (χ4v) is 4.76. The van der Waals surface area contributed by atoms with Crippen molar-refractivity contribution >= 4 is 11.6 Å². The summed E-state index contributed by atoms with van der Waals surface area (Å²) < 4.78 is 0. The molecule has 26 heavy (non-hydrogen) atoms. The van der Waals surface area contributed by atoms with E-state index in [1.807, 2.05) is 6.07 Å². The third-order valence-electron chi connectivity index (χ3n) is 6.03. The van der Waals surface area contributed by atoms with Crippen LogP contribution in [0.2, 0.25) is 0 Å². The molecule has 1 aliphatic carbocycles. The summed E-state index contributed by atoms with van der Waals surface area (Å²) in [5, 5.41) is 6.79. The first-order chi connectivity index (χ1) is 12.8. The number of nitrogens with one attached hydrogen (secondary N) is 2. The molecule has 4 rings (SSSR count). The number of hydrogen-bond donors (Lipinski definition) is 2. The van der Waals surface area contributed by atoms with Crippen molar-refractivity contribution in [1.82, 2.24) is 5.32 Å². The normalized spacial score (nSPS) is 24.4. The zero-order chi connectivity index (χ0) is 17.9. The Morgan fingerprint density at radius 1 is 1.12 bits per heavy atom. The van der Waals surface area contributed by atoms with Crippen molar-refractivity contribution in [2.45, 2.75) is 45.1 Å². The molecule has 3 heteroatoms. The number of para-hydroxylation sites is 1. The number of hydrogen-bond acceptors (Lipinski definition) is 2. The van der Waals surface area contributed by atoms with Crippen LogP contribution in [0.25, 0.3) is 11.1 Å². The minimum atomic E-state index is -0.0409. The summed E-state index contributed by atoms with van der Waals surface area (Å²) in [5.41, 5.74) is 4.49. The van der Waals surface area contributed by atoms with Crippen LogP contribution < -0.4 is 10.6 Å². The molecule has 1 amide bonds. The van der Waals surface area contributed by atoms with E-state index in [2.05, 4.69) is 60.0 Å². The Labute approximate surface area is 156 Å². The average molecular weight is 348 g/mol. The molecular formula is C23H28N2O. The van der Waals surface area contributed by atoms with Gasteiger partial charge in [0, 0.05) is 5.56 Å². The van der Waals surface area contributed by atoms with Crippen molar-refractivity contribution in [1.29, 1.82) is 0 Å². The highest BCUT2D eigenvalue weighted by Crippen LogP contribution is 2.39. The first kappa shape index (κ1) is 17.3. The maximum atomic E-state index is 13.1.